The number of nitro benzene ring substituents is 1. The molecule has 11 heteroatoms. The molecule has 0 unspecified atom stereocenters. The summed E-state index contributed by atoms with van der Waals surface area (Å²) in [6, 6.07) is 11.4. The lowest BCUT2D eigenvalue weighted by Crippen LogP contribution is -2.36. The number of carbonyl (C=O) groups excluding carboxylic acids is 2. The number of rotatable bonds is 8. The van der Waals surface area contributed by atoms with Crippen LogP contribution in [0.5, 0.6) is 0 Å². The molecule has 0 radical (unpaired) electrons. The molecule has 1 aliphatic rings. The van der Waals surface area contributed by atoms with Crippen LogP contribution in [0.4, 0.5) is 22.7 Å². The fourth-order valence-corrected chi connectivity index (χ4v) is 3.45. The van der Waals surface area contributed by atoms with E-state index in [4.69, 9.17) is 16.3 Å². The summed E-state index contributed by atoms with van der Waals surface area (Å²) in [5.74, 6) is -0.654. The number of carbonyl (C=O) groups is 2. The van der Waals surface area contributed by atoms with Crippen molar-refractivity contribution in [3.63, 3.8) is 0 Å². The molecule has 0 bridgehead atoms. The quantitative estimate of drug-likeness (QED) is 0.458. The molecule has 2 N–H and O–H groups in total. The minimum atomic E-state index is -0.569. The van der Waals surface area contributed by atoms with Crippen molar-refractivity contribution in [2.24, 2.45) is 0 Å². The zero-order valence-electron chi connectivity index (χ0n) is 17.5. The van der Waals surface area contributed by atoms with Crippen LogP contribution in [0, 0.1) is 10.1 Å². The van der Waals surface area contributed by atoms with E-state index in [9.17, 15) is 19.7 Å². The van der Waals surface area contributed by atoms with Crippen LogP contribution in [0.25, 0.3) is 0 Å². The standard InChI is InChI=1S/C21H24ClN5O5/c1-25(14-21(29)24-19-7-6-17(27(30)31)12-18(19)22)13-20(28)23-15-2-4-16(5-3-15)26-8-10-32-11-9-26/h2-7,12H,8-11,13-14H2,1H3,(H,23,28)(H,24,29). The van der Waals surface area contributed by atoms with E-state index in [-0.39, 0.29) is 35.4 Å². The van der Waals surface area contributed by atoms with E-state index in [1.807, 2.05) is 24.3 Å². The molecule has 0 atom stereocenters. The van der Waals surface area contributed by atoms with E-state index >= 15 is 0 Å². The number of anilines is 3. The summed E-state index contributed by atoms with van der Waals surface area (Å²) in [6.45, 7) is 3.03. The van der Waals surface area contributed by atoms with Gasteiger partial charge in [0.1, 0.15) is 0 Å². The number of non-ortho nitro benzene ring substituents is 1. The Morgan fingerprint density at radius 1 is 1.09 bits per heavy atom. The summed E-state index contributed by atoms with van der Waals surface area (Å²) in [5.41, 5.74) is 1.84. The molecule has 32 heavy (non-hydrogen) atoms. The number of hydrogen-bond donors (Lipinski definition) is 2. The Labute approximate surface area is 190 Å². The van der Waals surface area contributed by atoms with E-state index < -0.39 is 10.8 Å². The van der Waals surface area contributed by atoms with Gasteiger partial charge in [0.2, 0.25) is 11.8 Å². The van der Waals surface area contributed by atoms with Crippen LogP contribution < -0.4 is 15.5 Å². The summed E-state index contributed by atoms with van der Waals surface area (Å²) in [7, 11) is 1.64. The lowest BCUT2D eigenvalue weighted by molar-refractivity contribution is -0.384. The van der Waals surface area contributed by atoms with Gasteiger partial charge in [-0.25, -0.2) is 0 Å². The second kappa shape index (κ2) is 10.9. The van der Waals surface area contributed by atoms with E-state index in [1.54, 1.807) is 11.9 Å². The number of nitrogens with zero attached hydrogens (tertiary/aromatic N) is 3. The maximum Gasteiger partial charge on any atom is 0.271 e. The maximum absolute atomic E-state index is 12.3. The Morgan fingerprint density at radius 2 is 1.72 bits per heavy atom. The Bertz CT molecular complexity index is 979. The van der Waals surface area contributed by atoms with Crippen LogP contribution in [0.15, 0.2) is 42.5 Å². The highest BCUT2D eigenvalue weighted by Gasteiger charge is 2.15. The highest BCUT2D eigenvalue weighted by molar-refractivity contribution is 6.34. The Morgan fingerprint density at radius 3 is 2.31 bits per heavy atom. The average molecular weight is 462 g/mol. The molecule has 3 rings (SSSR count). The predicted octanol–water partition coefficient (Wildman–Crippen LogP) is 2.59. The smallest absolute Gasteiger partial charge is 0.271 e. The van der Waals surface area contributed by atoms with Crippen LogP contribution >= 0.6 is 11.6 Å². The fourth-order valence-electron chi connectivity index (χ4n) is 3.23. The van der Waals surface area contributed by atoms with Crippen molar-refractivity contribution in [1.82, 2.24) is 4.90 Å². The van der Waals surface area contributed by atoms with E-state index in [0.717, 1.165) is 18.8 Å². The van der Waals surface area contributed by atoms with Gasteiger partial charge >= 0.3 is 0 Å². The number of benzene rings is 2. The third-order valence-corrected chi connectivity index (χ3v) is 5.10. The van der Waals surface area contributed by atoms with E-state index in [2.05, 4.69) is 15.5 Å². The lowest BCUT2D eigenvalue weighted by atomic mass is 10.2. The second-order valence-electron chi connectivity index (χ2n) is 7.34. The van der Waals surface area contributed by atoms with E-state index in [1.165, 1.54) is 18.2 Å². The Balaban J connectivity index is 1.46. The molecule has 2 amide bonds. The maximum atomic E-state index is 12.3. The molecule has 0 spiro atoms. The highest BCUT2D eigenvalue weighted by atomic mass is 35.5. The van der Waals surface area contributed by atoms with Gasteiger partial charge in [0.15, 0.2) is 0 Å². The van der Waals surface area contributed by atoms with Crippen LogP contribution in [0.3, 0.4) is 0 Å². The number of halogens is 1. The molecule has 0 aliphatic carbocycles. The van der Waals surface area contributed by atoms with Crippen molar-refractivity contribution in [1.29, 1.82) is 0 Å². The molecule has 2 aromatic rings. The van der Waals surface area contributed by atoms with Gasteiger partial charge < -0.3 is 20.3 Å². The number of ether oxygens (including phenoxy) is 1. The zero-order valence-corrected chi connectivity index (χ0v) is 18.3. The second-order valence-corrected chi connectivity index (χ2v) is 7.74. The summed E-state index contributed by atoms with van der Waals surface area (Å²) in [6.07, 6.45) is 0. The fraction of sp³-hybridized carbons (Fsp3) is 0.333. The summed E-state index contributed by atoms with van der Waals surface area (Å²) in [5, 5.41) is 16.2. The first-order valence-electron chi connectivity index (χ1n) is 9.97. The number of nitro groups is 1. The number of morpholine rings is 1. The zero-order chi connectivity index (χ0) is 23.1. The van der Waals surface area contributed by atoms with Crippen molar-refractivity contribution in [2.75, 3.05) is 62.0 Å². The molecule has 1 saturated heterocycles. The molecule has 1 aliphatic heterocycles. The third-order valence-electron chi connectivity index (χ3n) is 4.79. The van der Waals surface area contributed by atoms with Crippen molar-refractivity contribution >= 4 is 46.2 Å². The molecular formula is C21H24ClN5O5. The minimum Gasteiger partial charge on any atom is -0.378 e. The highest BCUT2D eigenvalue weighted by Crippen LogP contribution is 2.26. The number of amides is 2. The molecule has 2 aromatic carbocycles. The minimum absolute atomic E-state index is 0.00658. The van der Waals surface area contributed by atoms with Crippen LogP contribution in [-0.4, -0.2) is 68.1 Å². The first-order valence-corrected chi connectivity index (χ1v) is 10.3. The van der Waals surface area contributed by atoms with Crippen LogP contribution in [0.2, 0.25) is 5.02 Å². The first kappa shape index (κ1) is 23.5. The van der Waals surface area contributed by atoms with Gasteiger partial charge in [-0.1, -0.05) is 11.6 Å². The van der Waals surface area contributed by atoms with Gasteiger partial charge in [-0.05, 0) is 37.4 Å². The van der Waals surface area contributed by atoms with Crippen LogP contribution in [0.1, 0.15) is 0 Å². The third kappa shape index (κ3) is 6.64. The van der Waals surface area contributed by atoms with Crippen molar-refractivity contribution in [2.45, 2.75) is 0 Å². The topological polar surface area (TPSA) is 117 Å². The van der Waals surface area contributed by atoms with Crippen LogP contribution in [-0.2, 0) is 14.3 Å². The predicted molar refractivity (Wildman–Crippen MR) is 122 cm³/mol. The van der Waals surface area contributed by atoms with E-state index in [0.29, 0.717) is 18.9 Å². The average Bonchev–Trinajstić information content (AvgIpc) is 2.76. The molecule has 0 saturated carbocycles. The first-order chi connectivity index (χ1) is 15.3. The molecule has 1 fully saturated rings. The Kier molecular flexibility index (Phi) is 7.98. The molecule has 10 nitrogen and oxygen atoms in total. The molecule has 0 aromatic heterocycles. The lowest BCUT2D eigenvalue weighted by Gasteiger charge is -2.28. The van der Waals surface area contributed by atoms with Gasteiger partial charge in [0.25, 0.3) is 5.69 Å². The van der Waals surface area contributed by atoms with Gasteiger partial charge in [-0.15, -0.1) is 0 Å². The normalized spacial score (nSPS) is 13.7. The summed E-state index contributed by atoms with van der Waals surface area (Å²) < 4.78 is 5.35. The number of nitrogens with one attached hydrogen (secondary N) is 2. The Hall–Kier alpha value is -3.21. The SMILES string of the molecule is CN(CC(=O)Nc1ccc(N2CCOCC2)cc1)CC(=O)Nc1ccc([N+](=O)[O-])cc1Cl. The van der Waals surface area contributed by atoms with Gasteiger partial charge in [0, 0.05) is 36.6 Å². The van der Waals surface area contributed by atoms with Gasteiger partial charge in [0.05, 0.1) is 41.9 Å². The number of hydrogen-bond acceptors (Lipinski definition) is 7. The molecule has 170 valence electrons. The largest absolute Gasteiger partial charge is 0.378 e. The van der Waals surface area contributed by atoms with Crippen molar-refractivity contribution in [3.8, 4) is 0 Å². The number of likely N-dealkylation sites (N-methyl/N-ethyl adjacent to an activating group) is 1. The molecule has 1 heterocycles. The van der Waals surface area contributed by atoms with Crippen molar-refractivity contribution in [3.05, 3.63) is 57.6 Å². The monoisotopic (exact) mass is 461 g/mol. The summed E-state index contributed by atoms with van der Waals surface area (Å²) in [4.78, 5) is 38.5. The summed E-state index contributed by atoms with van der Waals surface area (Å²) >= 11 is 5.98. The van der Waals surface area contributed by atoms with Gasteiger partial charge in [-0.2, -0.15) is 0 Å². The van der Waals surface area contributed by atoms with Gasteiger partial charge in [-0.3, -0.25) is 24.6 Å². The molecular weight excluding hydrogens is 438 g/mol. The van der Waals surface area contributed by atoms with Crippen molar-refractivity contribution < 1.29 is 19.2 Å².